The lowest BCUT2D eigenvalue weighted by molar-refractivity contribution is -0.121. The van der Waals surface area contributed by atoms with E-state index >= 15 is 0 Å². The highest BCUT2D eigenvalue weighted by molar-refractivity contribution is 7.13. The minimum absolute atomic E-state index is 0.0738. The number of thiazole rings is 1. The zero-order valence-corrected chi connectivity index (χ0v) is 19.2. The second kappa shape index (κ2) is 10.9. The summed E-state index contributed by atoms with van der Waals surface area (Å²) in [5.41, 5.74) is 1.11. The van der Waals surface area contributed by atoms with Gasteiger partial charge in [-0.25, -0.2) is 9.78 Å². The number of aromatic nitrogens is 1. The van der Waals surface area contributed by atoms with Gasteiger partial charge in [-0.05, 0) is 19.8 Å². The number of nitrogens with zero attached hydrogens (tertiary/aromatic N) is 1. The minimum Gasteiger partial charge on any atom is -0.493 e. The summed E-state index contributed by atoms with van der Waals surface area (Å²) in [6, 6.07) is 2.95. The van der Waals surface area contributed by atoms with Crippen LogP contribution < -0.4 is 20.1 Å². The van der Waals surface area contributed by atoms with Gasteiger partial charge in [-0.2, -0.15) is 0 Å². The summed E-state index contributed by atoms with van der Waals surface area (Å²) in [6.07, 6.45) is 4.77. The maximum absolute atomic E-state index is 12.8. The summed E-state index contributed by atoms with van der Waals surface area (Å²) in [7, 11) is 2.91. The molecule has 0 radical (unpaired) electrons. The van der Waals surface area contributed by atoms with Crippen molar-refractivity contribution in [2.75, 3.05) is 31.5 Å². The van der Waals surface area contributed by atoms with Crippen LogP contribution >= 0.6 is 11.3 Å². The molecule has 1 fully saturated rings. The van der Waals surface area contributed by atoms with E-state index in [1.54, 1.807) is 5.38 Å². The number of hydrogen-bond acceptors (Lipinski definition) is 8. The van der Waals surface area contributed by atoms with Crippen molar-refractivity contribution < 1.29 is 28.6 Å². The molecule has 1 saturated carbocycles. The predicted octanol–water partition coefficient (Wildman–Crippen LogP) is 3.78. The Balaban J connectivity index is 1.74. The van der Waals surface area contributed by atoms with Crippen LogP contribution in [0.25, 0.3) is 0 Å². The second-order valence-electron chi connectivity index (χ2n) is 7.50. The molecule has 172 valence electrons. The van der Waals surface area contributed by atoms with Crippen molar-refractivity contribution in [1.29, 1.82) is 0 Å². The lowest BCUT2D eigenvalue weighted by Crippen LogP contribution is -2.26. The van der Waals surface area contributed by atoms with Gasteiger partial charge in [0, 0.05) is 23.4 Å². The number of rotatable bonds is 8. The van der Waals surface area contributed by atoms with Crippen LogP contribution in [-0.2, 0) is 14.3 Å². The molecule has 0 aliphatic heterocycles. The highest BCUT2D eigenvalue weighted by Gasteiger charge is 2.25. The number of anilines is 2. The van der Waals surface area contributed by atoms with Crippen molar-refractivity contribution in [3.63, 3.8) is 0 Å². The number of carbonyl (C=O) groups excluding carboxylic acids is 3. The molecule has 1 heterocycles. The number of esters is 1. The molecule has 2 N–H and O–H groups in total. The lowest BCUT2D eigenvalue weighted by Gasteiger charge is -2.22. The lowest BCUT2D eigenvalue weighted by atomic mass is 9.88. The molecule has 10 heteroatoms. The normalized spacial score (nSPS) is 13.8. The minimum atomic E-state index is -0.768. The molecular formula is C22H27N3O6S. The third-order valence-corrected chi connectivity index (χ3v) is 6.05. The first-order chi connectivity index (χ1) is 15.4. The molecule has 2 aromatic rings. The summed E-state index contributed by atoms with van der Waals surface area (Å²) in [5, 5.41) is 7.63. The maximum Gasteiger partial charge on any atom is 0.340 e. The fraction of sp³-hybridized carbons (Fsp3) is 0.455. The number of ether oxygens (including phenoxy) is 3. The molecule has 0 unspecified atom stereocenters. The van der Waals surface area contributed by atoms with Crippen molar-refractivity contribution in [1.82, 2.24) is 4.98 Å². The van der Waals surface area contributed by atoms with E-state index in [9.17, 15) is 14.4 Å². The van der Waals surface area contributed by atoms with E-state index < -0.39 is 18.5 Å². The summed E-state index contributed by atoms with van der Waals surface area (Å²) in [6.45, 7) is 1.31. The van der Waals surface area contributed by atoms with Gasteiger partial charge in [0.1, 0.15) is 0 Å². The van der Waals surface area contributed by atoms with Crippen molar-refractivity contribution in [2.24, 2.45) is 5.92 Å². The average molecular weight is 462 g/mol. The Morgan fingerprint density at radius 1 is 1.06 bits per heavy atom. The van der Waals surface area contributed by atoms with Crippen LogP contribution in [0.1, 0.15) is 48.2 Å². The summed E-state index contributed by atoms with van der Waals surface area (Å²) < 4.78 is 15.8. The van der Waals surface area contributed by atoms with E-state index in [2.05, 4.69) is 15.6 Å². The van der Waals surface area contributed by atoms with E-state index in [4.69, 9.17) is 14.2 Å². The average Bonchev–Trinajstić information content (AvgIpc) is 3.21. The van der Waals surface area contributed by atoms with Gasteiger partial charge in [0.2, 0.25) is 5.91 Å². The van der Waals surface area contributed by atoms with E-state index in [0.29, 0.717) is 16.6 Å². The van der Waals surface area contributed by atoms with Gasteiger partial charge in [-0.3, -0.25) is 14.9 Å². The van der Waals surface area contributed by atoms with E-state index in [-0.39, 0.29) is 23.1 Å². The maximum atomic E-state index is 12.8. The van der Waals surface area contributed by atoms with Crippen LogP contribution in [0.4, 0.5) is 10.8 Å². The Bertz CT molecular complexity index is 984. The molecule has 1 aliphatic carbocycles. The van der Waals surface area contributed by atoms with Gasteiger partial charge in [-0.1, -0.05) is 19.3 Å². The van der Waals surface area contributed by atoms with Crippen LogP contribution in [0.2, 0.25) is 0 Å². The van der Waals surface area contributed by atoms with Crippen molar-refractivity contribution in [2.45, 2.75) is 39.0 Å². The Labute approximate surface area is 190 Å². The standard InChI is InChI=1S/C22H27N3O6S/c1-13-12-32-22(23-13)25-19(26)11-31-21(28)15-9-17(29-2)18(30-3)10-16(15)24-20(27)14-7-5-4-6-8-14/h9-10,12,14H,4-8,11H2,1-3H3,(H,24,27)(H,23,25,26). The molecule has 1 aromatic carbocycles. The molecule has 32 heavy (non-hydrogen) atoms. The fourth-order valence-corrected chi connectivity index (χ4v) is 4.23. The first kappa shape index (κ1) is 23.5. The molecule has 1 aliphatic rings. The number of aryl methyl sites for hydroxylation is 1. The third kappa shape index (κ3) is 5.97. The highest BCUT2D eigenvalue weighted by Crippen LogP contribution is 2.35. The molecule has 0 spiro atoms. The van der Waals surface area contributed by atoms with Crippen molar-refractivity contribution in [3.05, 3.63) is 28.8 Å². The van der Waals surface area contributed by atoms with Crippen LogP contribution in [0.5, 0.6) is 11.5 Å². The first-order valence-corrected chi connectivity index (χ1v) is 11.2. The number of methoxy groups -OCH3 is 2. The van der Waals surface area contributed by atoms with Gasteiger partial charge >= 0.3 is 5.97 Å². The second-order valence-corrected chi connectivity index (χ2v) is 8.35. The topological polar surface area (TPSA) is 116 Å². The van der Waals surface area contributed by atoms with E-state index in [0.717, 1.165) is 37.8 Å². The smallest absolute Gasteiger partial charge is 0.340 e. The molecule has 1 aromatic heterocycles. The summed E-state index contributed by atoms with van der Waals surface area (Å²) in [4.78, 5) is 41.8. The summed E-state index contributed by atoms with van der Waals surface area (Å²) >= 11 is 1.28. The third-order valence-electron chi connectivity index (χ3n) is 5.18. The summed E-state index contributed by atoms with van der Waals surface area (Å²) in [5.74, 6) is -0.870. The van der Waals surface area contributed by atoms with E-state index in [1.165, 1.54) is 37.7 Å². The van der Waals surface area contributed by atoms with Crippen molar-refractivity contribution in [3.8, 4) is 11.5 Å². The van der Waals surface area contributed by atoms with Gasteiger partial charge in [-0.15, -0.1) is 11.3 Å². The highest BCUT2D eigenvalue weighted by atomic mass is 32.1. The monoisotopic (exact) mass is 461 g/mol. The zero-order chi connectivity index (χ0) is 23.1. The number of benzene rings is 1. The van der Waals surface area contributed by atoms with Crippen LogP contribution in [0.15, 0.2) is 17.5 Å². The van der Waals surface area contributed by atoms with Crippen molar-refractivity contribution >= 4 is 39.9 Å². The van der Waals surface area contributed by atoms with Gasteiger partial charge in [0.15, 0.2) is 23.2 Å². The Morgan fingerprint density at radius 2 is 1.75 bits per heavy atom. The largest absolute Gasteiger partial charge is 0.493 e. The zero-order valence-electron chi connectivity index (χ0n) is 18.4. The molecule has 0 bridgehead atoms. The number of amides is 2. The Kier molecular flexibility index (Phi) is 8.04. The van der Waals surface area contributed by atoms with Crippen LogP contribution in [0.3, 0.4) is 0 Å². The van der Waals surface area contributed by atoms with Gasteiger partial charge in [0.05, 0.1) is 31.2 Å². The fourth-order valence-electron chi connectivity index (χ4n) is 3.53. The van der Waals surface area contributed by atoms with Crippen LogP contribution in [0, 0.1) is 12.8 Å². The number of hydrogen-bond donors (Lipinski definition) is 2. The van der Waals surface area contributed by atoms with Gasteiger partial charge < -0.3 is 19.5 Å². The van der Waals surface area contributed by atoms with E-state index in [1.807, 2.05) is 6.92 Å². The molecular weight excluding hydrogens is 434 g/mol. The number of nitrogens with one attached hydrogen (secondary N) is 2. The molecule has 0 saturated heterocycles. The molecule has 0 atom stereocenters. The molecule has 9 nitrogen and oxygen atoms in total. The molecule has 3 rings (SSSR count). The number of carbonyl (C=O) groups is 3. The Hall–Kier alpha value is -3.14. The SMILES string of the molecule is COc1cc(NC(=O)C2CCCCC2)c(C(=O)OCC(=O)Nc2nc(C)cs2)cc1OC. The van der Waals surface area contributed by atoms with Crippen LogP contribution in [-0.4, -0.2) is 43.6 Å². The molecule has 2 amide bonds. The quantitative estimate of drug-likeness (QED) is 0.575. The van der Waals surface area contributed by atoms with Gasteiger partial charge in [0.25, 0.3) is 5.91 Å². The first-order valence-electron chi connectivity index (χ1n) is 10.4. The predicted molar refractivity (Wildman–Crippen MR) is 121 cm³/mol. The Morgan fingerprint density at radius 3 is 2.38 bits per heavy atom.